The van der Waals surface area contributed by atoms with Crippen LogP contribution in [0, 0.1) is 5.92 Å². The van der Waals surface area contributed by atoms with Crippen molar-refractivity contribution < 1.29 is 33.8 Å². The molecule has 0 spiro atoms. The highest BCUT2D eigenvalue weighted by Crippen LogP contribution is 2.11. The molecule has 2 unspecified atom stereocenters. The fraction of sp³-hybridized carbons (Fsp3) is 0.545. The first-order valence-electron chi connectivity index (χ1n) is 10.1. The summed E-state index contributed by atoms with van der Waals surface area (Å²) < 4.78 is 10.3. The van der Waals surface area contributed by atoms with Crippen LogP contribution in [0.15, 0.2) is 30.3 Å². The Balaban J connectivity index is 2.74. The molecule has 2 amide bonds. The molecule has 1 rings (SSSR count). The highest BCUT2D eigenvalue weighted by atomic mass is 16.6. The van der Waals surface area contributed by atoms with Crippen molar-refractivity contribution in [3.63, 3.8) is 0 Å². The molecule has 0 radical (unpaired) electrons. The number of aliphatic carboxylic acids is 1. The summed E-state index contributed by atoms with van der Waals surface area (Å²) in [7, 11) is 0. The van der Waals surface area contributed by atoms with E-state index in [0.717, 1.165) is 5.56 Å². The molecule has 0 aromatic heterocycles. The molecule has 1 aromatic rings. The number of rotatable bonds is 10. The molecule has 1 aromatic carbocycles. The van der Waals surface area contributed by atoms with Crippen molar-refractivity contribution in [3.05, 3.63) is 35.9 Å². The molecule has 31 heavy (non-hydrogen) atoms. The van der Waals surface area contributed by atoms with Gasteiger partial charge in [-0.25, -0.2) is 9.59 Å². The van der Waals surface area contributed by atoms with Crippen molar-refractivity contribution >= 4 is 23.9 Å². The number of nitrogens with one attached hydrogen (secondary N) is 2. The van der Waals surface area contributed by atoms with Crippen molar-refractivity contribution in [1.29, 1.82) is 0 Å². The summed E-state index contributed by atoms with van der Waals surface area (Å²) in [6.45, 7) is 8.70. The molecular weight excluding hydrogens is 404 g/mol. The van der Waals surface area contributed by atoms with E-state index in [0.29, 0.717) is 0 Å². The van der Waals surface area contributed by atoms with Crippen LogP contribution >= 0.6 is 0 Å². The van der Waals surface area contributed by atoms with Gasteiger partial charge in [-0.2, -0.15) is 0 Å². The van der Waals surface area contributed by atoms with Crippen LogP contribution in [-0.4, -0.2) is 46.7 Å². The second-order valence-corrected chi connectivity index (χ2v) is 8.58. The van der Waals surface area contributed by atoms with Gasteiger partial charge in [-0.1, -0.05) is 44.2 Å². The van der Waals surface area contributed by atoms with Gasteiger partial charge in [0.05, 0.1) is 6.42 Å². The number of carboxylic acid groups (broad SMARTS) is 1. The first-order valence-corrected chi connectivity index (χ1v) is 10.1. The molecule has 2 atom stereocenters. The van der Waals surface area contributed by atoms with E-state index in [-0.39, 0.29) is 18.9 Å². The van der Waals surface area contributed by atoms with Gasteiger partial charge in [0.1, 0.15) is 24.3 Å². The molecule has 0 aliphatic heterocycles. The van der Waals surface area contributed by atoms with Crippen molar-refractivity contribution in [2.75, 3.05) is 0 Å². The van der Waals surface area contributed by atoms with E-state index in [1.807, 2.05) is 32.0 Å². The molecule has 9 nitrogen and oxygen atoms in total. The fourth-order valence-corrected chi connectivity index (χ4v) is 2.63. The maximum absolute atomic E-state index is 12.7. The largest absolute Gasteiger partial charge is 0.480 e. The Labute approximate surface area is 182 Å². The lowest BCUT2D eigenvalue weighted by Gasteiger charge is -2.24. The summed E-state index contributed by atoms with van der Waals surface area (Å²) in [5.41, 5.74) is -0.000183. The molecule has 0 bridgehead atoms. The van der Waals surface area contributed by atoms with Crippen LogP contribution in [0.4, 0.5) is 4.79 Å². The van der Waals surface area contributed by atoms with Crippen molar-refractivity contribution in [3.8, 4) is 0 Å². The van der Waals surface area contributed by atoms with E-state index in [2.05, 4.69) is 10.6 Å². The average Bonchev–Trinajstić information content (AvgIpc) is 2.64. The zero-order chi connectivity index (χ0) is 23.6. The summed E-state index contributed by atoms with van der Waals surface area (Å²) in [5, 5.41) is 14.2. The summed E-state index contributed by atoms with van der Waals surface area (Å²) in [5.74, 6) is -2.83. The normalized spacial score (nSPS) is 13.1. The third kappa shape index (κ3) is 11.0. The minimum atomic E-state index is -1.49. The van der Waals surface area contributed by atoms with Crippen LogP contribution in [0.25, 0.3) is 0 Å². The lowest BCUT2D eigenvalue weighted by atomic mass is 10.0. The zero-order valence-electron chi connectivity index (χ0n) is 18.6. The maximum atomic E-state index is 12.7. The molecule has 0 saturated carbocycles. The lowest BCUT2D eigenvalue weighted by molar-refractivity contribution is -0.158. The van der Waals surface area contributed by atoms with Gasteiger partial charge in [-0.15, -0.1) is 0 Å². The number of carboxylic acids is 1. The van der Waals surface area contributed by atoms with Crippen LogP contribution < -0.4 is 10.6 Å². The number of ether oxygens (including phenoxy) is 2. The van der Waals surface area contributed by atoms with Crippen LogP contribution in [-0.2, 0) is 30.5 Å². The first-order chi connectivity index (χ1) is 14.4. The van der Waals surface area contributed by atoms with E-state index in [4.69, 9.17) is 9.47 Å². The summed E-state index contributed by atoms with van der Waals surface area (Å²) >= 11 is 0. The molecule has 3 N–H and O–H groups in total. The summed E-state index contributed by atoms with van der Waals surface area (Å²) in [4.78, 5) is 48.3. The third-order valence-corrected chi connectivity index (χ3v) is 3.93. The molecule has 0 heterocycles. The Morgan fingerprint density at radius 1 is 1.00 bits per heavy atom. The van der Waals surface area contributed by atoms with E-state index in [1.54, 1.807) is 32.9 Å². The Hall–Kier alpha value is -3.10. The standard InChI is InChI=1S/C22H32N2O7/c1-14(2)11-16(24-21(29)30-13-15-9-7-6-8-10-15)19(26)23-17(20(27)28)12-18(25)31-22(3,4)5/h6-10,14,16-17H,11-13H2,1-5H3,(H,23,26)(H,24,29)(H,27,28). The second kappa shape index (κ2) is 11.9. The monoisotopic (exact) mass is 436 g/mol. The van der Waals surface area contributed by atoms with E-state index in [1.165, 1.54) is 0 Å². The third-order valence-electron chi connectivity index (χ3n) is 3.93. The van der Waals surface area contributed by atoms with Crippen LogP contribution in [0.1, 0.15) is 53.0 Å². The van der Waals surface area contributed by atoms with Gasteiger partial charge in [0, 0.05) is 0 Å². The number of hydrogen-bond acceptors (Lipinski definition) is 6. The maximum Gasteiger partial charge on any atom is 0.408 e. The number of hydrogen-bond donors (Lipinski definition) is 3. The fourth-order valence-electron chi connectivity index (χ4n) is 2.63. The van der Waals surface area contributed by atoms with Gasteiger partial charge in [0.25, 0.3) is 0 Å². The highest BCUT2D eigenvalue weighted by Gasteiger charge is 2.30. The van der Waals surface area contributed by atoms with E-state index < -0.39 is 48.0 Å². The number of alkyl carbamates (subject to hydrolysis) is 1. The molecule has 172 valence electrons. The SMILES string of the molecule is CC(C)CC(NC(=O)OCc1ccccc1)C(=O)NC(CC(=O)OC(C)(C)C)C(=O)O. The van der Waals surface area contributed by atoms with Crippen LogP contribution in [0.5, 0.6) is 0 Å². The van der Waals surface area contributed by atoms with E-state index in [9.17, 15) is 24.3 Å². The number of carbonyl (C=O) groups is 4. The number of amides is 2. The number of esters is 1. The number of benzene rings is 1. The predicted molar refractivity (Wildman–Crippen MR) is 113 cm³/mol. The van der Waals surface area contributed by atoms with Crippen LogP contribution in [0.3, 0.4) is 0 Å². The number of carbonyl (C=O) groups excluding carboxylic acids is 3. The van der Waals surface area contributed by atoms with Crippen molar-refractivity contribution in [1.82, 2.24) is 10.6 Å². The molecule has 0 aliphatic carbocycles. The van der Waals surface area contributed by atoms with Gasteiger partial charge in [-0.05, 0) is 38.7 Å². The minimum absolute atomic E-state index is 0.0269. The Bertz CT molecular complexity index is 757. The molecule has 0 fully saturated rings. The van der Waals surface area contributed by atoms with Gasteiger partial charge >= 0.3 is 18.0 Å². The smallest absolute Gasteiger partial charge is 0.408 e. The van der Waals surface area contributed by atoms with E-state index >= 15 is 0 Å². The molecule has 9 heteroatoms. The molecule has 0 aliphatic rings. The Morgan fingerprint density at radius 3 is 2.13 bits per heavy atom. The Kier molecular flexibility index (Phi) is 9.98. The molecular formula is C22H32N2O7. The predicted octanol–water partition coefficient (Wildman–Crippen LogP) is 2.63. The van der Waals surface area contributed by atoms with Gasteiger partial charge in [0.2, 0.25) is 5.91 Å². The van der Waals surface area contributed by atoms with Gasteiger partial charge < -0.3 is 25.2 Å². The van der Waals surface area contributed by atoms with Gasteiger partial charge in [0.15, 0.2) is 0 Å². The van der Waals surface area contributed by atoms with Gasteiger partial charge in [-0.3, -0.25) is 9.59 Å². The second-order valence-electron chi connectivity index (χ2n) is 8.58. The zero-order valence-corrected chi connectivity index (χ0v) is 18.6. The average molecular weight is 437 g/mol. The van der Waals surface area contributed by atoms with Crippen LogP contribution in [0.2, 0.25) is 0 Å². The quantitative estimate of drug-likeness (QED) is 0.481. The minimum Gasteiger partial charge on any atom is -0.480 e. The first kappa shape index (κ1) is 25.9. The molecule has 0 saturated heterocycles. The Morgan fingerprint density at radius 2 is 1.61 bits per heavy atom. The van der Waals surface area contributed by atoms with Crippen molar-refractivity contribution in [2.45, 2.75) is 71.8 Å². The van der Waals surface area contributed by atoms with Crippen molar-refractivity contribution in [2.24, 2.45) is 5.92 Å². The summed E-state index contributed by atoms with van der Waals surface area (Å²) in [6, 6.07) is 6.52. The topological polar surface area (TPSA) is 131 Å². The lowest BCUT2D eigenvalue weighted by Crippen LogP contribution is -2.52. The summed E-state index contributed by atoms with van der Waals surface area (Å²) in [6.07, 6.45) is -1.08. The highest BCUT2D eigenvalue weighted by molar-refractivity contribution is 5.91.